The van der Waals surface area contributed by atoms with Gasteiger partial charge in [-0.3, -0.25) is 9.36 Å². The van der Waals surface area contributed by atoms with E-state index < -0.39 is 7.22 Å². The van der Waals surface area contributed by atoms with Gasteiger partial charge in [-0.15, -0.1) is 11.2 Å². The predicted molar refractivity (Wildman–Crippen MR) is 104 cm³/mol. The van der Waals surface area contributed by atoms with Crippen LogP contribution in [0.2, 0.25) is 19.6 Å². The van der Waals surface area contributed by atoms with Crippen molar-refractivity contribution in [1.29, 1.82) is 0 Å². The van der Waals surface area contributed by atoms with Crippen molar-refractivity contribution in [2.75, 3.05) is 0 Å². The summed E-state index contributed by atoms with van der Waals surface area (Å²) in [4.78, 5) is 17.9. The summed E-state index contributed by atoms with van der Waals surface area (Å²) in [5.74, 6) is 0. The second-order valence-corrected chi connectivity index (χ2v) is 16.2. The highest BCUT2D eigenvalue weighted by Crippen LogP contribution is 2.30. The van der Waals surface area contributed by atoms with Crippen LogP contribution in [0.4, 0.5) is 0 Å². The highest BCUT2D eigenvalue weighted by Gasteiger charge is 2.21. The van der Waals surface area contributed by atoms with Crippen molar-refractivity contribution in [1.82, 2.24) is 9.55 Å². The van der Waals surface area contributed by atoms with Gasteiger partial charge in [-0.25, -0.2) is 4.98 Å². The van der Waals surface area contributed by atoms with Gasteiger partial charge in [0.1, 0.15) is 7.22 Å². The Morgan fingerprint density at radius 1 is 1.04 bits per heavy atom. The first-order chi connectivity index (χ1) is 10.9. The van der Waals surface area contributed by atoms with Crippen molar-refractivity contribution in [2.24, 2.45) is 0 Å². The molecule has 0 spiro atoms. The summed E-state index contributed by atoms with van der Waals surface area (Å²) < 4.78 is 2.59. The molecule has 0 bridgehead atoms. The zero-order chi connectivity index (χ0) is 16.6. The molecule has 2 aromatic carbocycles. The Morgan fingerprint density at radius 3 is 2.39 bits per heavy atom. The van der Waals surface area contributed by atoms with Crippen LogP contribution in [0.1, 0.15) is 0 Å². The lowest BCUT2D eigenvalue weighted by Crippen LogP contribution is -2.25. The molecule has 0 aliphatic rings. The number of halogens is 1. The Kier molecular flexibility index (Phi) is 4.49. The van der Waals surface area contributed by atoms with Crippen molar-refractivity contribution in [3.05, 3.63) is 63.4 Å². The Balaban J connectivity index is 2.38. The van der Waals surface area contributed by atoms with Gasteiger partial charge >= 0.3 is 0 Å². The minimum Gasteiger partial charge on any atom is -0.268 e. The van der Waals surface area contributed by atoms with Gasteiger partial charge in [-0.1, -0.05) is 43.9 Å². The zero-order valence-corrected chi connectivity index (χ0v) is 16.6. The summed E-state index contributed by atoms with van der Waals surface area (Å²) in [5.41, 5.74) is 1.56. The molecule has 6 heteroatoms. The highest BCUT2D eigenvalue weighted by atomic mass is 79.9. The predicted octanol–water partition coefficient (Wildman–Crippen LogP) is 5.08. The number of hydrogen-bond donors (Lipinski definition) is 0. The van der Waals surface area contributed by atoms with Crippen LogP contribution in [-0.4, -0.2) is 16.8 Å². The molecule has 0 aliphatic heterocycles. The van der Waals surface area contributed by atoms with Crippen molar-refractivity contribution in [3.8, 4) is 5.69 Å². The Hall–Kier alpha value is -1.37. The molecule has 0 unspecified atom stereocenters. The number of fused-ring (bicyclic) bond motifs is 1. The average Bonchev–Trinajstić information content (AvgIpc) is 2.48. The first-order valence-electron chi connectivity index (χ1n) is 7.32. The van der Waals surface area contributed by atoms with Crippen LogP contribution in [0.5, 0.6) is 0 Å². The molecule has 1 heterocycles. The first kappa shape index (κ1) is 16.5. The van der Waals surface area contributed by atoms with Gasteiger partial charge in [0.25, 0.3) is 5.56 Å². The molecule has 118 valence electrons. The number of nitrogens with zero attached hydrogens (tertiary/aromatic N) is 2. The summed E-state index contributed by atoms with van der Waals surface area (Å²) in [5, 5.41) is 1.39. The lowest BCUT2D eigenvalue weighted by atomic mass is 10.2. The molecule has 1 aromatic heterocycles. The number of para-hydroxylation sites is 2. The molecular weight excluding hydrogens is 388 g/mol. The van der Waals surface area contributed by atoms with Gasteiger partial charge < -0.3 is 0 Å². The van der Waals surface area contributed by atoms with Crippen LogP contribution >= 0.6 is 27.1 Å². The van der Waals surface area contributed by atoms with E-state index in [-0.39, 0.29) is 5.56 Å². The third-order valence-electron chi connectivity index (χ3n) is 3.23. The van der Waals surface area contributed by atoms with E-state index in [4.69, 9.17) is 4.98 Å². The van der Waals surface area contributed by atoms with Gasteiger partial charge in [0, 0.05) is 4.47 Å². The van der Waals surface area contributed by atoms with E-state index in [1.54, 1.807) is 15.8 Å². The van der Waals surface area contributed by atoms with Crippen LogP contribution in [0.15, 0.2) is 63.0 Å². The fourth-order valence-electron chi connectivity index (χ4n) is 2.30. The topological polar surface area (TPSA) is 34.9 Å². The van der Waals surface area contributed by atoms with Gasteiger partial charge in [0.2, 0.25) is 0 Å². The molecule has 0 saturated heterocycles. The molecule has 3 rings (SSSR count). The van der Waals surface area contributed by atoms with E-state index in [9.17, 15) is 4.79 Å². The van der Waals surface area contributed by atoms with Crippen LogP contribution in [0.25, 0.3) is 16.6 Å². The molecule has 0 amide bonds. The van der Waals surface area contributed by atoms with Gasteiger partial charge in [0.15, 0.2) is 5.16 Å². The van der Waals surface area contributed by atoms with Crippen molar-refractivity contribution < 1.29 is 0 Å². The van der Waals surface area contributed by atoms with E-state index in [2.05, 4.69) is 35.6 Å². The van der Waals surface area contributed by atoms with Gasteiger partial charge in [-0.05, 0) is 40.2 Å². The standard InChI is InChI=1S/C17H17BrN2OSSi/c1-23(2,3)22-17-19-15-13(10-7-11-14(15)18)16(21)20(17)12-8-5-4-6-9-12/h4-11H,1-3H3. The number of aromatic nitrogens is 2. The third-order valence-corrected chi connectivity index (χ3v) is 7.32. The van der Waals surface area contributed by atoms with Crippen LogP contribution < -0.4 is 5.56 Å². The minimum absolute atomic E-state index is 0.0248. The molecule has 0 fully saturated rings. The third kappa shape index (κ3) is 3.44. The zero-order valence-electron chi connectivity index (χ0n) is 13.2. The second kappa shape index (κ2) is 6.26. The summed E-state index contributed by atoms with van der Waals surface area (Å²) in [6.07, 6.45) is 0. The van der Waals surface area contributed by atoms with E-state index in [0.29, 0.717) is 5.39 Å². The quantitative estimate of drug-likeness (QED) is 0.451. The Labute approximate surface area is 148 Å². The normalized spacial score (nSPS) is 11.8. The summed E-state index contributed by atoms with van der Waals surface area (Å²) in [7, 11) is -1.51. The molecule has 23 heavy (non-hydrogen) atoms. The number of benzene rings is 2. The maximum absolute atomic E-state index is 13.1. The number of hydrogen-bond acceptors (Lipinski definition) is 3. The Bertz CT molecular complexity index is 920. The fraction of sp³-hybridized carbons (Fsp3) is 0.176. The monoisotopic (exact) mass is 404 g/mol. The van der Waals surface area contributed by atoms with Crippen LogP contribution in [0.3, 0.4) is 0 Å². The van der Waals surface area contributed by atoms with E-state index in [1.165, 1.54) is 0 Å². The van der Waals surface area contributed by atoms with Crippen molar-refractivity contribution in [2.45, 2.75) is 24.8 Å². The van der Waals surface area contributed by atoms with E-state index >= 15 is 0 Å². The average molecular weight is 405 g/mol. The van der Waals surface area contributed by atoms with Crippen molar-refractivity contribution >= 4 is 45.3 Å². The maximum Gasteiger partial charge on any atom is 0.266 e. The molecule has 0 aliphatic carbocycles. The smallest absolute Gasteiger partial charge is 0.266 e. The van der Waals surface area contributed by atoms with E-state index in [0.717, 1.165) is 20.8 Å². The summed E-state index contributed by atoms with van der Waals surface area (Å²) in [6.45, 7) is 6.76. The van der Waals surface area contributed by atoms with E-state index in [1.807, 2.05) is 48.5 Å². The lowest BCUT2D eigenvalue weighted by Gasteiger charge is -2.19. The Morgan fingerprint density at radius 2 is 1.74 bits per heavy atom. The summed E-state index contributed by atoms with van der Waals surface area (Å²) >= 11 is 5.25. The van der Waals surface area contributed by atoms with Crippen molar-refractivity contribution in [3.63, 3.8) is 0 Å². The van der Waals surface area contributed by atoms with Crippen LogP contribution in [0, 0.1) is 0 Å². The molecule has 0 radical (unpaired) electrons. The second-order valence-electron chi connectivity index (χ2n) is 6.22. The largest absolute Gasteiger partial charge is 0.268 e. The highest BCUT2D eigenvalue weighted by molar-refractivity contribution is 9.10. The molecular formula is C17H17BrN2OSSi. The molecule has 0 atom stereocenters. The molecule has 3 aromatic rings. The van der Waals surface area contributed by atoms with Gasteiger partial charge in [-0.2, -0.15) is 0 Å². The van der Waals surface area contributed by atoms with Gasteiger partial charge in [0.05, 0.1) is 16.6 Å². The van der Waals surface area contributed by atoms with Crippen LogP contribution in [-0.2, 0) is 0 Å². The number of rotatable bonds is 3. The first-order valence-corrected chi connectivity index (χ1v) is 13.2. The summed E-state index contributed by atoms with van der Waals surface area (Å²) in [6, 6.07) is 15.3. The lowest BCUT2D eigenvalue weighted by molar-refractivity contribution is 0.822. The SMILES string of the molecule is C[Si](C)(C)Sc1nc2c(Br)cccc2c(=O)n1-c1ccccc1. The molecule has 0 saturated carbocycles. The fourth-order valence-corrected chi connectivity index (χ4v) is 5.77. The molecule has 3 nitrogen and oxygen atoms in total. The minimum atomic E-state index is -1.51. The maximum atomic E-state index is 13.1. The molecule has 0 N–H and O–H groups in total.